The van der Waals surface area contributed by atoms with Crippen molar-refractivity contribution >= 4 is 0 Å². The summed E-state index contributed by atoms with van der Waals surface area (Å²) in [5.41, 5.74) is -0.854. The van der Waals surface area contributed by atoms with Gasteiger partial charge in [-0.3, -0.25) is 0 Å². The van der Waals surface area contributed by atoms with Crippen LogP contribution in [0.3, 0.4) is 0 Å². The predicted molar refractivity (Wildman–Crippen MR) is 125 cm³/mol. The van der Waals surface area contributed by atoms with Crippen LogP contribution in [0.1, 0.15) is 135 Å². The minimum absolute atomic E-state index is 0.0350. The molecule has 0 amide bonds. The summed E-state index contributed by atoms with van der Waals surface area (Å²) in [6.07, 6.45) is 6.63. The lowest BCUT2D eigenvalue weighted by molar-refractivity contribution is -0.477. The molecule has 2 nitrogen and oxygen atoms in total. The van der Waals surface area contributed by atoms with Crippen LogP contribution in [-0.2, 0) is 9.78 Å². The summed E-state index contributed by atoms with van der Waals surface area (Å²) in [5.74, 6) is 0. The number of hydrogen-bond acceptors (Lipinski definition) is 2. The van der Waals surface area contributed by atoms with Gasteiger partial charge in [0.05, 0.1) is 0 Å². The molecular weight excluding hydrogens is 344 g/mol. The lowest BCUT2D eigenvalue weighted by Crippen LogP contribution is -2.60. The van der Waals surface area contributed by atoms with Crippen molar-refractivity contribution in [3.05, 3.63) is 0 Å². The number of rotatable bonds is 9. The third-order valence-electron chi connectivity index (χ3n) is 6.94. The van der Waals surface area contributed by atoms with Gasteiger partial charge in [-0.2, -0.15) is 0 Å². The molecule has 0 atom stereocenters. The lowest BCUT2D eigenvalue weighted by atomic mass is 9.60. The highest BCUT2D eigenvalue weighted by molar-refractivity contribution is 5.03. The first-order chi connectivity index (χ1) is 12.3. The summed E-state index contributed by atoms with van der Waals surface area (Å²) in [6, 6.07) is 0. The molecule has 0 fully saturated rings. The normalized spacial score (nSPS) is 15.2. The zero-order chi connectivity index (χ0) is 22.7. The molecule has 170 valence electrons. The molecular formula is C26H54O2. The van der Waals surface area contributed by atoms with Gasteiger partial charge in [-0.05, 0) is 34.5 Å². The second-order valence-electron chi connectivity index (χ2n) is 13.0. The highest BCUT2D eigenvalue weighted by Crippen LogP contribution is 2.55. The largest absolute Gasteiger partial charge is 0.228 e. The first-order valence-corrected chi connectivity index (χ1v) is 11.7. The molecule has 0 rings (SSSR count). The minimum Gasteiger partial charge on any atom is -0.228 e. The Morgan fingerprint density at radius 1 is 0.429 bits per heavy atom. The Morgan fingerprint density at radius 3 is 0.786 bits per heavy atom. The van der Waals surface area contributed by atoms with E-state index < -0.39 is 0 Å². The van der Waals surface area contributed by atoms with Crippen molar-refractivity contribution in [2.45, 2.75) is 147 Å². The van der Waals surface area contributed by atoms with Crippen molar-refractivity contribution in [1.82, 2.24) is 0 Å². The quantitative estimate of drug-likeness (QED) is 0.285. The van der Waals surface area contributed by atoms with Gasteiger partial charge in [-0.1, -0.05) is 123 Å². The van der Waals surface area contributed by atoms with Crippen LogP contribution in [0.2, 0.25) is 0 Å². The van der Waals surface area contributed by atoms with Gasteiger partial charge >= 0.3 is 0 Å². The van der Waals surface area contributed by atoms with Crippen molar-refractivity contribution in [2.24, 2.45) is 21.7 Å². The molecule has 0 unspecified atom stereocenters. The fourth-order valence-electron chi connectivity index (χ4n) is 5.33. The van der Waals surface area contributed by atoms with Crippen LogP contribution in [0.15, 0.2) is 0 Å². The summed E-state index contributed by atoms with van der Waals surface area (Å²) in [6.45, 7) is 32.2. The van der Waals surface area contributed by atoms with E-state index in [-0.39, 0.29) is 32.9 Å². The smallest absolute Gasteiger partial charge is 0.113 e. The molecule has 0 aromatic heterocycles. The highest BCUT2D eigenvalue weighted by Gasteiger charge is 2.57. The van der Waals surface area contributed by atoms with Gasteiger partial charge < -0.3 is 0 Å². The molecule has 0 spiro atoms. The van der Waals surface area contributed by atoms with E-state index in [1.54, 1.807) is 0 Å². The topological polar surface area (TPSA) is 18.5 Å². The van der Waals surface area contributed by atoms with Crippen molar-refractivity contribution in [3.8, 4) is 0 Å². The Kier molecular flexibility index (Phi) is 9.35. The Hall–Kier alpha value is -0.0800. The molecule has 0 aromatic carbocycles. The molecule has 0 radical (unpaired) electrons. The van der Waals surface area contributed by atoms with Crippen molar-refractivity contribution in [2.75, 3.05) is 0 Å². The SMILES string of the molecule is CCCCC(OOC(CCCC)(C(C)(C)C)C(C)(C)C)(C(C)(C)C)C(C)(C)C. The Bertz CT molecular complexity index is 377. The van der Waals surface area contributed by atoms with E-state index in [4.69, 9.17) is 9.78 Å². The van der Waals surface area contributed by atoms with E-state index in [2.05, 4.69) is 96.9 Å². The zero-order valence-electron chi connectivity index (χ0n) is 22.1. The maximum Gasteiger partial charge on any atom is 0.113 e. The Labute approximate surface area is 178 Å². The van der Waals surface area contributed by atoms with Crippen molar-refractivity contribution < 1.29 is 9.78 Å². The molecule has 0 saturated carbocycles. The van der Waals surface area contributed by atoms with Crippen LogP contribution in [-0.4, -0.2) is 11.2 Å². The van der Waals surface area contributed by atoms with Gasteiger partial charge in [0.25, 0.3) is 0 Å². The van der Waals surface area contributed by atoms with Crippen LogP contribution in [0.5, 0.6) is 0 Å². The van der Waals surface area contributed by atoms with Crippen LogP contribution in [0.4, 0.5) is 0 Å². The molecule has 0 heterocycles. The van der Waals surface area contributed by atoms with E-state index in [1.165, 1.54) is 0 Å². The van der Waals surface area contributed by atoms with Gasteiger partial charge in [0, 0.05) is 0 Å². The van der Waals surface area contributed by atoms with Gasteiger partial charge in [0.15, 0.2) is 0 Å². The molecule has 0 bridgehead atoms. The first-order valence-electron chi connectivity index (χ1n) is 11.7. The monoisotopic (exact) mass is 398 g/mol. The summed E-state index contributed by atoms with van der Waals surface area (Å²) in [4.78, 5) is 13.6. The second-order valence-corrected chi connectivity index (χ2v) is 13.0. The highest BCUT2D eigenvalue weighted by atomic mass is 17.2. The fraction of sp³-hybridized carbons (Fsp3) is 1.00. The lowest BCUT2D eigenvalue weighted by Gasteiger charge is -2.57. The summed E-state index contributed by atoms with van der Waals surface area (Å²) in [5, 5.41) is 0. The number of unbranched alkanes of at least 4 members (excludes halogenated alkanes) is 2. The Morgan fingerprint density at radius 2 is 0.643 bits per heavy atom. The predicted octanol–water partition coefficient (Wildman–Crippen LogP) is 8.98. The van der Waals surface area contributed by atoms with Crippen LogP contribution in [0.25, 0.3) is 0 Å². The van der Waals surface area contributed by atoms with E-state index in [0.717, 1.165) is 38.5 Å². The van der Waals surface area contributed by atoms with E-state index in [0.29, 0.717) is 0 Å². The maximum atomic E-state index is 6.78. The molecule has 0 aliphatic heterocycles. The van der Waals surface area contributed by atoms with Crippen molar-refractivity contribution in [1.29, 1.82) is 0 Å². The second kappa shape index (κ2) is 9.38. The molecule has 0 N–H and O–H groups in total. The standard InChI is InChI=1S/C26H54O2/c1-15-17-19-25(21(3,4)5,22(6,7)8)27-28-26(20-18-16-2,23(9,10)11)24(12,13)14/h15-20H2,1-14H3. The average Bonchev–Trinajstić information content (AvgIpc) is 2.44. The molecule has 0 aliphatic rings. The minimum atomic E-state index is -0.357. The van der Waals surface area contributed by atoms with Crippen LogP contribution in [0, 0.1) is 21.7 Å². The Balaban J connectivity index is 6.34. The third-order valence-corrected chi connectivity index (χ3v) is 6.94. The fourth-order valence-corrected chi connectivity index (χ4v) is 5.33. The van der Waals surface area contributed by atoms with Gasteiger partial charge in [0.2, 0.25) is 0 Å². The van der Waals surface area contributed by atoms with Crippen LogP contribution < -0.4 is 0 Å². The molecule has 0 aliphatic carbocycles. The van der Waals surface area contributed by atoms with Gasteiger partial charge in [0.1, 0.15) is 11.2 Å². The van der Waals surface area contributed by atoms with Crippen LogP contribution >= 0.6 is 0 Å². The van der Waals surface area contributed by atoms with E-state index in [1.807, 2.05) is 0 Å². The molecule has 2 heteroatoms. The first kappa shape index (κ1) is 27.9. The summed E-state index contributed by atoms with van der Waals surface area (Å²) in [7, 11) is 0. The van der Waals surface area contributed by atoms with Gasteiger partial charge in [-0.25, -0.2) is 9.78 Å². The maximum absolute atomic E-state index is 6.78. The summed E-state index contributed by atoms with van der Waals surface area (Å²) >= 11 is 0. The van der Waals surface area contributed by atoms with Crippen molar-refractivity contribution in [3.63, 3.8) is 0 Å². The zero-order valence-corrected chi connectivity index (χ0v) is 22.1. The van der Waals surface area contributed by atoms with E-state index >= 15 is 0 Å². The van der Waals surface area contributed by atoms with Gasteiger partial charge in [-0.15, -0.1) is 0 Å². The molecule has 0 aromatic rings. The van der Waals surface area contributed by atoms with E-state index in [9.17, 15) is 0 Å². The number of hydrogen-bond donors (Lipinski definition) is 0. The molecule has 28 heavy (non-hydrogen) atoms. The summed E-state index contributed by atoms with van der Waals surface area (Å²) < 4.78 is 0. The third kappa shape index (κ3) is 5.75. The average molecular weight is 399 g/mol. The molecule has 0 saturated heterocycles.